The van der Waals surface area contributed by atoms with E-state index >= 15 is 0 Å². The Balaban J connectivity index is 1.61. The molecule has 0 radical (unpaired) electrons. The molecule has 136 valence electrons. The number of benzene rings is 2. The third-order valence-corrected chi connectivity index (χ3v) is 7.58. The number of rotatable bonds is 3. The summed E-state index contributed by atoms with van der Waals surface area (Å²) in [6, 6.07) is 13.6. The first kappa shape index (κ1) is 17.8. The summed E-state index contributed by atoms with van der Waals surface area (Å²) in [5.74, 6) is 0.361. The van der Waals surface area contributed by atoms with Crippen molar-refractivity contribution in [2.24, 2.45) is 4.99 Å². The van der Waals surface area contributed by atoms with Crippen LogP contribution in [-0.2, 0) is 15.6 Å². The van der Waals surface area contributed by atoms with Crippen molar-refractivity contribution in [2.75, 3.05) is 16.4 Å². The first-order valence-corrected chi connectivity index (χ1v) is 11.3. The quantitative estimate of drug-likeness (QED) is 0.773. The van der Waals surface area contributed by atoms with Gasteiger partial charge in [-0.05, 0) is 29.8 Å². The maximum absolute atomic E-state index is 13.2. The molecule has 0 aliphatic carbocycles. The van der Waals surface area contributed by atoms with E-state index in [1.807, 2.05) is 35.2 Å². The molecule has 4 nitrogen and oxygen atoms in total. The minimum atomic E-state index is -3.07. The van der Waals surface area contributed by atoms with Crippen molar-refractivity contribution < 1.29 is 12.8 Å². The molecule has 2 aliphatic rings. The Labute approximate surface area is 161 Å². The van der Waals surface area contributed by atoms with Crippen LogP contribution in [0.15, 0.2) is 53.5 Å². The Morgan fingerprint density at radius 1 is 1.19 bits per heavy atom. The number of nitrogens with zero attached hydrogens (tertiary/aromatic N) is 2. The highest BCUT2D eigenvalue weighted by Crippen LogP contribution is 2.36. The normalized spacial score (nSPS) is 23.8. The van der Waals surface area contributed by atoms with Gasteiger partial charge in [0, 0.05) is 16.5 Å². The molecule has 0 amide bonds. The van der Waals surface area contributed by atoms with Gasteiger partial charge >= 0.3 is 0 Å². The third-order valence-electron chi connectivity index (χ3n) is 4.51. The standard InChI is InChI=1S/C18H16ClFN2O2S2/c19-15-8-13(20)7-6-12(15)9-25-18-21-16-10-26(23,24)11-17(16)22(18)14-4-2-1-3-5-14/h1-8,16-17H,9-11H2/t16-,17+/m1/s1. The van der Waals surface area contributed by atoms with Crippen LogP contribution in [-0.4, -0.2) is 37.2 Å². The Bertz CT molecular complexity index is 966. The second-order valence-corrected chi connectivity index (χ2v) is 9.86. The van der Waals surface area contributed by atoms with E-state index in [4.69, 9.17) is 11.6 Å². The van der Waals surface area contributed by atoms with Gasteiger partial charge in [-0.1, -0.05) is 47.6 Å². The zero-order chi connectivity index (χ0) is 18.3. The van der Waals surface area contributed by atoms with Crippen molar-refractivity contribution >= 4 is 44.1 Å². The van der Waals surface area contributed by atoms with Gasteiger partial charge in [0.15, 0.2) is 15.0 Å². The minimum absolute atomic E-state index is 0.0857. The monoisotopic (exact) mass is 410 g/mol. The smallest absolute Gasteiger partial charge is 0.164 e. The average Bonchev–Trinajstić information content (AvgIpc) is 3.06. The highest BCUT2D eigenvalue weighted by molar-refractivity contribution is 8.13. The van der Waals surface area contributed by atoms with Gasteiger partial charge in [0.1, 0.15) is 5.82 Å². The van der Waals surface area contributed by atoms with Gasteiger partial charge in [0.2, 0.25) is 0 Å². The molecule has 0 saturated carbocycles. The Morgan fingerprint density at radius 3 is 2.69 bits per heavy atom. The van der Waals surface area contributed by atoms with Crippen molar-refractivity contribution in [3.8, 4) is 0 Å². The second kappa shape index (κ2) is 6.87. The van der Waals surface area contributed by atoms with E-state index in [9.17, 15) is 12.8 Å². The summed E-state index contributed by atoms with van der Waals surface area (Å²) >= 11 is 7.61. The molecule has 2 aromatic rings. The number of halogens is 2. The predicted octanol–water partition coefficient (Wildman–Crippen LogP) is 3.75. The number of para-hydroxylation sites is 1. The summed E-state index contributed by atoms with van der Waals surface area (Å²) < 4.78 is 37.3. The van der Waals surface area contributed by atoms with E-state index in [-0.39, 0.29) is 29.4 Å². The molecule has 26 heavy (non-hydrogen) atoms. The van der Waals surface area contributed by atoms with Crippen molar-refractivity contribution in [3.63, 3.8) is 0 Å². The van der Waals surface area contributed by atoms with Gasteiger partial charge in [-0.2, -0.15) is 0 Å². The number of thioether (sulfide) groups is 1. The molecule has 4 rings (SSSR count). The number of sulfone groups is 1. The van der Waals surface area contributed by atoms with Crippen LogP contribution in [0.5, 0.6) is 0 Å². The Morgan fingerprint density at radius 2 is 1.96 bits per heavy atom. The molecule has 2 atom stereocenters. The maximum atomic E-state index is 13.2. The van der Waals surface area contributed by atoms with Crippen LogP contribution in [0.3, 0.4) is 0 Å². The maximum Gasteiger partial charge on any atom is 0.164 e. The molecule has 2 aromatic carbocycles. The van der Waals surface area contributed by atoms with Gasteiger partial charge in [0.25, 0.3) is 0 Å². The number of amidine groups is 1. The summed E-state index contributed by atoms with van der Waals surface area (Å²) in [4.78, 5) is 6.69. The Kier molecular flexibility index (Phi) is 4.71. The van der Waals surface area contributed by atoms with Crippen LogP contribution in [0.1, 0.15) is 5.56 Å². The van der Waals surface area contributed by atoms with Crippen molar-refractivity contribution in [2.45, 2.75) is 17.8 Å². The van der Waals surface area contributed by atoms with E-state index in [2.05, 4.69) is 4.99 Å². The molecule has 0 N–H and O–H groups in total. The molecule has 0 spiro atoms. The predicted molar refractivity (Wildman–Crippen MR) is 105 cm³/mol. The largest absolute Gasteiger partial charge is 0.315 e. The summed E-state index contributed by atoms with van der Waals surface area (Å²) in [5.41, 5.74) is 1.74. The number of fused-ring (bicyclic) bond motifs is 1. The van der Waals surface area contributed by atoms with Crippen LogP contribution in [0.4, 0.5) is 10.1 Å². The lowest BCUT2D eigenvalue weighted by Crippen LogP contribution is -2.39. The number of anilines is 1. The summed E-state index contributed by atoms with van der Waals surface area (Å²) in [7, 11) is -3.07. The molecular weight excluding hydrogens is 395 g/mol. The molecule has 1 fully saturated rings. The van der Waals surface area contributed by atoms with Gasteiger partial charge in [-0.15, -0.1) is 0 Å². The average molecular weight is 411 g/mol. The molecule has 2 aliphatic heterocycles. The van der Waals surface area contributed by atoms with Gasteiger partial charge in [-0.3, -0.25) is 4.99 Å². The van der Waals surface area contributed by atoms with Gasteiger partial charge < -0.3 is 4.90 Å². The van der Waals surface area contributed by atoms with Crippen LogP contribution in [0.2, 0.25) is 5.02 Å². The van der Waals surface area contributed by atoms with Gasteiger partial charge in [-0.25, -0.2) is 12.8 Å². The van der Waals surface area contributed by atoms with Gasteiger partial charge in [0.05, 0.1) is 23.6 Å². The lowest BCUT2D eigenvalue weighted by atomic mass is 10.1. The minimum Gasteiger partial charge on any atom is -0.315 e. The van der Waals surface area contributed by atoms with Crippen molar-refractivity contribution in [1.29, 1.82) is 0 Å². The van der Waals surface area contributed by atoms with Crippen LogP contribution in [0, 0.1) is 5.82 Å². The van der Waals surface area contributed by atoms with Crippen molar-refractivity contribution in [3.05, 3.63) is 64.9 Å². The van der Waals surface area contributed by atoms with E-state index in [0.717, 1.165) is 16.4 Å². The number of aliphatic imine (C=N–C) groups is 1. The topological polar surface area (TPSA) is 49.7 Å². The molecule has 0 unspecified atom stereocenters. The molecule has 0 bridgehead atoms. The third kappa shape index (κ3) is 3.48. The fourth-order valence-corrected chi connectivity index (χ4v) is 6.59. The molecule has 8 heteroatoms. The molecule has 0 aromatic heterocycles. The summed E-state index contributed by atoms with van der Waals surface area (Å²) in [6.07, 6.45) is 0. The zero-order valence-electron chi connectivity index (χ0n) is 13.7. The van der Waals surface area contributed by atoms with Crippen LogP contribution in [0.25, 0.3) is 0 Å². The van der Waals surface area contributed by atoms with E-state index < -0.39 is 9.84 Å². The highest BCUT2D eigenvalue weighted by atomic mass is 35.5. The Hall–Kier alpha value is -1.57. The van der Waals surface area contributed by atoms with E-state index in [0.29, 0.717) is 10.8 Å². The van der Waals surface area contributed by atoms with E-state index in [1.165, 1.54) is 23.9 Å². The fraction of sp³-hybridized carbons (Fsp3) is 0.278. The summed E-state index contributed by atoms with van der Waals surface area (Å²) in [5, 5.41) is 1.16. The van der Waals surface area contributed by atoms with Crippen molar-refractivity contribution in [1.82, 2.24) is 0 Å². The second-order valence-electron chi connectivity index (χ2n) is 6.35. The van der Waals surface area contributed by atoms with Crippen LogP contribution < -0.4 is 4.90 Å². The first-order valence-electron chi connectivity index (χ1n) is 8.12. The molecule has 1 saturated heterocycles. The fourth-order valence-electron chi connectivity index (χ4n) is 3.30. The lowest BCUT2D eigenvalue weighted by molar-refractivity contribution is 0.601. The van der Waals surface area contributed by atoms with Crippen LogP contribution >= 0.6 is 23.4 Å². The highest BCUT2D eigenvalue weighted by Gasteiger charge is 2.47. The lowest BCUT2D eigenvalue weighted by Gasteiger charge is -2.26. The summed E-state index contributed by atoms with van der Waals surface area (Å²) in [6.45, 7) is 0. The first-order chi connectivity index (χ1) is 12.4. The number of hydrogen-bond acceptors (Lipinski definition) is 5. The number of hydrogen-bond donors (Lipinski definition) is 0. The SMILES string of the molecule is O=S1(=O)C[C@H]2N=C(SCc3ccc(F)cc3Cl)N(c3ccccc3)[C@H]2C1. The zero-order valence-corrected chi connectivity index (χ0v) is 16.1. The van der Waals surface area contributed by atoms with E-state index in [1.54, 1.807) is 6.07 Å². The molecular formula is C18H16ClFN2O2S2. The molecule has 2 heterocycles.